The van der Waals surface area contributed by atoms with Crippen LogP contribution in [0.15, 0.2) is 22.7 Å². The Morgan fingerprint density at radius 1 is 1.50 bits per heavy atom. The molecule has 4 nitrogen and oxygen atoms in total. The predicted molar refractivity (Wildman–Crippen MR) is 54.4 cm³/mol. The molecule has 0 N–H and O–H groups in total. The summed E-state index contributed by atoms with van der Waals surface area (Å²) in [7, 11) is 0. The molecular formula is C9H8BrNO3. The van der Waals surface area contributed by atoms with Crippen molar-refractivity contribution in [3.05, 3.63) is 32.8 Å². The first-order valence-corrected chi connectivity index (χ1v) is 5.07. The summed E-state index contributed by atoms with van der Waals surface area (Å²) < 4.78 is 6.16. The van der Waals surface area contributed by atoms with Gasteiger partial charge in [0.1, 0.15) is 5.75 Å². The second-order valence-electron chi connectivity index (χ2n) is 3.19. The minimum Gasteiger partial charge on any atom is -0.489 e. The maximum atomic E-state index is 10.4. The number of nitro groups is 1. The zero-order valence-electron chi connectivity index (χ0n) is 7.27. The summed E-state index contributed by atoms with van der Waals surface area (Å²) in [5.74, 6) is 0.679. The van der Waals surface area contributed by atoms with Gasteiger partial charge in [0.25, 0.3) is 5.69 Å². The van der Waals surface area contributed by atoms with E-state index < -0.39 is 4.92 Å². The van der Waals surface area contributed by atoms with Crippen LogP contribution in [0.1, 0.15) is 12.8 Å². The van der Waals surface area contributed by atoms with Crippen molar-refractivity contribution in [1.29, 1.82) is 0 Å². The van der Waals surface area contributed by atoms with E-state index in [1.165, 1.54) is 12.1 Å². The number of nitro benzene ring substituents is 1. The number of benzene rings is 1. The zero-order chi connectivity index (χ0) is 10.1. The van der Waals surface area contributed by atoms with Crippen LogP contribution < -0.4 is 4.74 Å². The van der Waals surface area contributed by atoms with Gasteiger partial charge in [0.2, 0.25) is 0 Å². The van der Waals surface area contributed by atoms with Gasteiger partial charge < -0.3 is 4.74 Å². The Hall–Kier alpha value is -1.10. The van der Waals surface area contributed by atoms with E-state index >= 15 is 0 Å². The molecule has 0 aliphatic heterocycles. The van der Waals surface area contributed by atoms with E-state index in [1.54, 1.807) is 6.07 Å². The first kappa shape index (κ1) is 9.45. The normalized spacial score (nSPS) is 15.2. The molecule has 1 aliphatic rings. The van der Waals surface area contributed by atoms with Gasteiger partial charge in [-0.2, -0.15) is 0 Å². The fourth-order valence-corrected chi connectivity index (χ4v) is 1.52. The van der Waals surface area contributed by atoms with Crippen molar-refractivity contribution in [3.63, 3.8) is 0 Å². The Balaban J connectivity index is 2.21. The molecule has 1 aliphatic carbocycles. The Kier molecular flexibility index (Phi) is 2.41. The van der Waals surface area contributed by atoms with Crippen LogP contribution in [-0.2, 0) is 0 Å². The molecule has 1 aromatic carbocycles. The molecule has 1 aromatic rings. The molecule has 0 saturated heterocycles. The van der Waals surface area contributed by atoms with Gasteiger partial charge in [-0.15, -0.1) is 0 Å². The summed E-state index contributed by atoms with van der Waals surface area (Å²) >= 11 is 3.24. The molecule has 14 heavy (non-hydrogen) atoms. The van der Waals surface area contributed by atoms with Crippen molar-refractivity contribution < 1.29 is 9.66 Å². The first-order valence-electron chi connectivity index (χ1n) is 4.27. The van der Waals surface area contributed by atoms with E-state index in [4.69, 9.17) is 4.74 Å². The van der Waals surface area contributed by atoms with E-state index in [0.29, 0.717) is 16.3 Å². The summed E-state index contributed by atoms with van der Waals surface area (Å²) in [4.78, 5) is 10.0. The molecule has 5 heteroatoms. The van der Waals surface area contributed by atoms with Crippen LogP contribution in [0.5, 0.6) is 5.75 Å². The van der Waals surface area contributed by atoms with Crippen molar-refractivity contribution >= 4 is 21.6 Å². The van der Waals surface area contributed by atoms with Crippen LogP contribution in [0.3, 0.4) is 0 Å². The van der Waals surface area contributed by atoms with Gasteiger partial charge >= 0.3 is 0 Å². The molecule has 2 rings (SSSR count). The summed E-state index contributed by atoms with van der Waals surface area (Å²) in [5, 5.41) is 10.4. The second kappa shape index (κ2) is 3.57. The lowest BCUT2D eigenvalue weighted by atomic mass is 10.3. The molecule has 0 atom stereocenters. The van der Waals surface area contributed by atoms with Gasteiger partial charge in [0.05, 0.1) is 15.5 Å². The van der Waals surface area contributed by atoms with Crippen LogP contribution in [0, 0.1) is 10.1 Å². The van der Waals surface area contributed by atoms with Gasteiger partial charge in [0, 0.05) is 12.1 Å². The monoisotopic (exact) mass is 257 g/mol. The number of non-ortho nitro benzene ring substituents is 1. The summed E-state index contributed by atoms with van der Waals surface area (Å²) in [6.07, 6.45) is 2.44. The van der Waals surface area contributed by atoms with Gasteiger partial charge in [-0.05, 0) is 34.8 Å². The molecule has 0 spiro atoms. The third-order valence-electron chi connectivity index (χ3n) is 1.94. The quantitative estimate of drug-likeness (QED) is 0.618. The maximum absolute atomic E-state index is 10.4. The SMILES string of the molecule is O=[N+]([O-])c1ccc(OC2CC2)c(Br)c1. The van der Waals surface area contributed by atoms with Gasteiger partial charge in [-0.25, -0.2) is 0 Å². The molecule has 74 valence electrons. The second-order valence-corrected chi connectivity index (χ2v) is 4.04. The van der Waals surface area contributed by atoms with Crippen LogP contribution in [-0.4, -0.2) is 11.0 Å². The van der Waals surface area contributed by atoms with Crippen molar-refractivity contribution in [1.82, 2.24) is 0 Å². The summed E-state index contributed by atoms with van der Waals surface area (Å²) in [6, 6.07) is 4.53. The highest BCUT2D eigenvalue weighted by atomic mass is 79.9. The van der Waals surface area contributed by atoms with Crippen LogP contribution in [0.25, 0.3) is 0 Å². The number of hydrogen-bond acceptors (Lipinski definition) is 3. The van der Waals surface area contributed by atoms with Crippen LogP contribution in [0.4, 0.5) is 5.69 Å². The lowest BCUT2D eigenvalue weighted by molar-refractivity contribution is -0.385. The Morgan fingerprint density at radius 2 is 2.21 bits per heavy atom. The first-order chi connectivity index (χ1) is 6.66. The maximum Gasteiger partial charge on any atom is 0.270 e. The van der Waals surface area contributed by atoms with E-state index in [1.807, 2.05) is 0 Å². The summed E-state index contributed by atoms with van der Waals surface area (Å²) in [6.45, 7) is 0. The van der Waals surface area contributed by atoms with E-state index in [0.717, 1.165) is 12.8 Å². The molecule has 1 saturated carbocycles. The number of nitrogens with zero attached hydrogens (tertiary/aromatic N) is 1. The van der Waals surface area contributed by atoms with Crippen LogP contribution in [0.2, 0.25) is 0 Å². The fraction of sp³-hybridized carbons (Fsp3) is 0.333. The Morgan fingerprint density at radius 3 is 2.71 bits per heavy atom. The molecule has 1 fully saturated rings. The third-order valence-corrected chi connectivity index (χ3v) is 2.56. The third kappa shape index (κ3) is 2.04. The molecule has 0 aromatic heterocycles. The van der Waals surface area contributed by atoms with Gasteiger partial charge in [-0.1, -0.05) is 0 Å². The van der Waals surface area contributed by atoms with E-state index in [2.05, 4.69) is 15.9 Å². The fourth-order valence-electron chi connectivity index (χ4n) is 1.06. The van der Waals surface area contributed by atoms with Gasteiger partial charge in [-0.3, -0.25) is 10.1 Å². The molecule has 0 radical (unpaired) electrons. The van der Waals surface area contributed by atoms with Crippen molar-refractivity contribution in [2.75, 3.05) is 0 Å². The van der Waals surface area contributed by atoms with E-state index in [9.17, 15) is 10.1 Å². The number of ether oxygens (including phenoxy) is 1. The molecule has 0 heterocycles. The average Bonchev–Trinajstić information content (AvgIpc) is 2.92. The van der Waals surface area contributed by atoms with Crippen molar-refractivity contribution in [2.24, 2.45) is 0 Å². The topological polar surface area (TPSA) is 52.4 Å². The lowest BCUT2D eigenvalue weighted by Crippen LogP contribution is -1.97. The molecule has 0 amide bonds. The minimum absolute atomic E-state index is 0.0695. The van der Waals surface area contributed by atoms with Gasteiger partial charge in [0.15, 0.2) is 0 Å². The molecule has 0 bridgehead atoms. The highest BCUT2D eigenvalue weighted by Gasteiger charge is 2.24. The predicted octanol–water partition coefficient (Wildman–Crippen LogP) is 2.90. The van der Waals surface area contributed by atoms with Crippen LogP contribution >= 0.6 is 15.9 Å². The van der Waals surface area contributed by atoms with Crippen molar-refractivity contribution in [2.45, 2.75) is 18.9 Å². The minimum atomic E-state index is -0.425. The summed E-state index contributed by atoms with van der Waals surface area (Å²) in [5.41, 5.74) is 0.0695. The zero-order valence-corrected chi connectivity index (χ0v) is 8.86. The highest BCUT2D eigenvalue weighted by molar-refractivity contribution is 9.10. The highest BCUT2D eigenvalue weighted by Crippen LogP contribution is 2.34. The van der Waals surface area contributed by atoms with E-state index in [-0.39, 0.29) is 5.69 Å². The Labute approximate surface area is 89.2 Å². The lowest BCUT2D eigenvalue weighted by Gasteiger charge is -2.05. The number of rotatable bonds is 3. The molecular weight excluding hydrogens is 250 g/mol. The average molecular weight is 258 g/mol. The van der Waals surface area contributed by atoms with Crippen molar-refractivity contribution in [3.8, 4) is 5.75 Å². The largest absolute Gasteiger partial charge is 0.489 e. The number of halogens is 1. The molecule has 0 unspecified atom stereocenters. The smallest absolute Gasteiger partial charge is 0.270 e. The Bertz CT molecular complexity index is 376. The standard InChI is InChI=1S/C9H8BrNO3/c10-8-5-6(11(12)13)1-4-9(8)14-7-2-3-7/h1,4-5,7H,2-3H2. The number of hydrogen-bond donors (Lipinski definition) is 0.